The van der Waals surface area contributed by atoms with Gasteiger partial charge in [-0.15, -0.1) is 6.58 Å². The summed E-state index contributed by atoms with van der Waals surface area (Å²) in [6, 6.07) is 7.45. The Morgan fingerprint density at radius 1 is 1.26 bits per heavy atom. The summed E-state index contributed by atoms with van der Waals surface area (Å²) in [5.41, 5.74) is 4.24. The summed E-state index contributed by atoms with van der Waals surface area (Å²) in [4.78, 5) is 0. The van der Waals surface area contributed by atoms with Crippen molar-refractivity contribution in [1.82, 2.24) is 5.32 Å². The summed E-state index contributed by atoms with van der Waals surface area (Å²) in [7, 11) is 0. The third kappa shape index (κ3) is 6.07. The van der Waals surface area contributed by atoms with Gasteiger partial charge in [-0.25, -0.2) is 0 Å². The number of benzene rings is 1. The van der Waals surface area contributed by atoms with Gasteiger partial charge in [-0.2, -0.15) is 0 Å². The van der Waals surface area contributed by atoms with Crippen LogP contribution < -0.4 is 5.32 Å². The van der Waals surface area contributed by atoms with Gasteiger partial charge in [0.25, 0.3) is 0 Å². The van der Waals surface area contributed by atoms with E-state index in [2.05, 4.69) is 50.9 Å². The highest BCUT2D eigenvalue weighted by Crippen LogP contribution is 2.14. The van der Waals surface area contributed by atoms with E-state index in [1.54, 1.807) is 0 Å². The fraction of sp³-hybridized carbons (Fsp3) is 0.556. The van der Waals surface area contributed by atoms with E-state index in [-0.39, 0.29) is 0 Å². The SMILES string of the molecule is C=CCCCC(Cc1ccc(C)c(C)c1)NCCC. The van der Waals surface area contributed by atoms with E-state index in [9.17, 15) is 0 Å². The van der Waals surface area contributed by atoms with Gasteiger partial charge in [0, 0.05) is 6.04 Å². The molecule has 1 heteroatoms. The number of nitrogens with one attached hydrogen (secondary N) is 1. The Morgan fingerprint density at radius 3 is 2.68 bits per heavy atom. The summed E-state index contributed by atoms with van der Waals surface area (Å²) in [5, 5.41) is 3.68. The van der Waals surface area contributed by atoms with E-state index in [0.717, 1.165) is 19.4 Å². The van der Waals surface area contributed by atoms with Crippen molar-refractivity contribution >= 4 is 0 Å². The first-order valence-electron chi connectivity index (χ1n) is 7.57. The average molecular weight is 259 g/mol. The number of hydrogen-bond acceptors (Lipinski definition) is 1. The predicted octanol–water partition coefficient (Wildman–Crippen LogP) is 4.57. The van der Waals surface area contributed by atoms with E-state index in [1.165, 1.54) is 36.0 Å². The molecule has 0 radical (unpaired) electrons. The maximum Gasteiger partial charge on any atom is 0.0108 e. The van der Waals surface area contributed by atoms with E-state index in [4.69, 9.17) is 0 Å². The maximum atomic E-state index is 3.80. The highest BCUT2D eigenvalue weighted by atomic mass is 14.9. The zero-order valence-electron chi connectivity index (χ0n) is 12.8. The molecule has 0 amide bonds. The zero-order chi connectivity index (χ0) is 14.1. The van der Waals surface area contributed by atoms with Crippen molar-refractivity contribution in [2.24, 2.45) is 0 Å². The molecule has 1 nitrogen and oxygen atoms in total. The number of allylic oxidation sites excluding steroid dienone is 1. The van der Waals surface area contributed by atoms with Crippen molar-refractivity contribution in [2.45, 2.75) is 58.9 Å². The molecule has 1 aromatic rings. The van der Waals surface area contributed by atoms with Gasteiger partial charge in [0.15, 0.2) is 0 Å². The predicted molar refractivity (Wildman–Crippen MR) is 85.7 cm³/mol. The van der Waals surface area contributed by atoms with E-state index in [0.29, 0.717) is 6.04 Å². The van der Waals surface area contributed by atoms with Crippen LogP contribution in [0, 0.1) is 13.8 Å². The van der Waals surface area contributed by atoms with Crippen molar-refractivity contribution in [1.29, 1.82) is 0 Å². The average Bonchev–Trinajstić information content (AvgIpc) is 2.40. The zero-order valence-corrected chi connectivity index (χ0v) is 12.8. The molecule has 1 unspecified atom stereocenters. The first-order valence-corrected chi connectivity index (χ1v) is 7.57. The number of unbranched alkanes of at least 4 members (excludes halogenated alkanes) is 1. The Morgan fingerprint density at radius 2 is 2.05 bits per heavy atom. The van der Waals surface area contributed by atoms with Gasteiger partial charge < -0.3 is 5.32 Å². The molecule has 1 atom stereocenters. The number of aryl methyl sites for hydroxylation is 2. The van der Waals surface area contributed by atoms with Crippen molar-refractivity contribution in [2.75, 3.05) is 6.54 Å². The molecule has 1 aromatic carbocycles. The van der Waals surface area contributed by atoms with Gasteiger partial charge in [0.2, 0.25) is 0 Å². The fourth-order valence-electron chi connectivity index (χ4n) is 2.35. The molecule has 0 aliphatic carbocycles. The molecule has 106 valence electrons. The molecule has 0 saturated heterocycles. The third-order valence-corrected chi connectivity index (χ3v) is 3.70. The first kappa shape index (κ1) is 16.0. The van der Waals surface area contributed by atoms with E-state index < -0.39 is 0 Å². The van der Waals surface area contributed by atoms with Gasteiger partial charge in [0.05, 0.1) is 0 Å². The summed E-state index contributed by atoms with van der Waals surface area (Å²) >= 11 is 0. The molecule has 0 aliphatic heterocycles. The van der Waals surface area contributed by atoms with Crippen molar-refractivity contribution in [3.8, 4) is 0 Å². The first-order chi connectivity index (χ1) is 9.17. The fourth-order valence-corrected chi connectivity index (χ4v) is 2.35. The van der Waals surface area contributed by atoms with Gasteiger partial charge in [0.1, 0.15) is 0 Å². The second-order valence-electron chi connectivity index (χ2n) is 5.49. The largest absolute Gasteiger partial charge is 0.314 e. The van der Waals surface area contributed by atoms with Gasteiger partial charge in [-0.3, -0.25) is 0 Å². The molecule has 1 rings (SSSR count). The highest BCUT2D eigenvalue weighted by molar-refractivity contribution is 5.30. The minimum Gasteiger partial charge on any atom is -0.314 e. The lowest BCUT2D eigenvalue weighted by molar-refractivity contribution is 0.466. The second kappa shape index (κ2) is 8.92. The molecule has 1 N–H and O–H groups in total. The Bertz CT molecular complexity index is 381. The Balaban J connectivity index is 2.58. The number of rotatable bonds is 9. The standard InChI is InChI=1S/C18H29N/c1-5-7-8-9-18(19-12-6-2)14-17-11-10-15(3)16(4)13-17/h5,10-11,13,18-19H,1,6-9,12,14H2,2-4H3. The van der Waals surface area contributed by atoms with Crippen LogP contribution in [-0.4, -0.2) is 12.6 Å². The normalized spacial score (nSPS) is 12.4. The molecule has 0 saturated carbocycles. The molecular formula is C18H29N. The van der Waals surface area contributed by atoms with E-state index >= 15 is 0 Å². The lowest BCUT2D eigenvalue weighted by Gasteiger charge is -2.19. The Labute approximate surface area is 119 Å². The molecule has 0 bridgehead atoms. The van der Waals surface area contributed by atoms with Crippen LogP contribution in [0.5, 0.6) is 0 Å². The van der Waals surface area contributed by atoms with Crippen LogP contribution in [0.2, 0.25) is 0 Å². The minimum absolute atomic E-state index is 0.599. The molecule has 19 heavy (non-hydrogen) atoms. The third-order valence-electron chi connectivity index (χ3n) is 3.70. The summed E-state index contributed by atoms with van der Waals surface area (Å²) in [6.07, 6.45) is 7.95. The molecule has 0 fully saturated rings. The van der Waals surface area contributed by atoms with Crippen molar-refractivity contribution < 1.29 is 0 Å². The molecular weight excluding hydrogens is 230 g/mol. The summed E-state index contributed by atoms with van der Waals surface area (Å²) < 4.78 is 0. The molecule has 0 spiro atoms. The van der Waals surface area contributed by atoms with Crippen LogP contribution in [-0.2, 0) is 6.42 Å². The maximum absolute atomic E-state index is 3.80. The second-order valence-corrected chi connectivity index (χ2v) is 5.49. The van der Waals surface area contributed by atoms with Crippen LogP contribution in [0.4, 0.5) is 0 Å². The quantitative estimate of drug-likeness (QED) is 0.506. The smallest absolute Gasteiger partial charge is 0.0108 e. The lowest BCUT2D eigenvalue weighted by Crippen LogP contribution is -2.31. The van der Waals surface area contributed by atoms with Crippen LogP contribution in [0.3, 0.4) is 0 Å². The summed E-state index contributed by atoms with van der Waals surface area (Å²) in [6.45, 7) is 11.5. The number of hydrogen-bond donors (Lipinski definition) is 1. The molecule has 0 heterocycles. The van der Waals surface area contributed by atoms with Crippen LogP contribution >= 0.6 is 0 Å². The van der Waals surface area contributed by atoms with Gasteiger partial charge in [-0.05, 0) is 69.2 Å². The van der Waals surface area contributed by atoms with Crippen LogP contribution in [0.15, 0.2) is 30.9 Å². The Hall–Kier alpha value is -1.08. The topological polar surface area (TPSA) is 12.0 Å². The van der Waals surface area contributed by atoms with Crippen molar-refractivity contribution in [3.05, 3.63) is 47.5 Å². The van der Waals surface area contributed by atoms with Crippen molar-refractivity contribution in [3.63, 3.8) is 0 Å². The highest BCUT2D eigenvalue weighted by Gasteiger charge is 2.08. The van der Waals surface area contributed by atoms with Crippen LogP contribution in [0.1, 0.15) is 49.3 Å². The summed E-state index contributed by atoms with van der Waals surface area (Å²) in [5.74, 6) is 0. The molecule has 0 aliphatic rings. The van der Waals surface area contributed by atoms with Gasteiger partial charge >= 0.3 is 0 Å². The van der Waals surface area contributed by atoms with Crippen LogP contribution in [0.25, 0.3) is 0 Å². The molecule has 0 aromatic heterocycles. The van der Waals surface area contributed by atoms with Gasteiger partial charge in [-0.1, -0.05) is 31.2 Å². The van der Waals surface area contributed by atoms with E-state index in [1.807, 2.05) is 6.08 Å². The monoisotopic (exact) mass is 259 g/mol. The minimum atomic E-state index is 0.599. The Kier molecular flexibility index (Phi) is 7.50. The lowest BCUT2D eigenvalue weighted by atomic mass is 9.98.